The minimum atomic E-state index is -0.474. The second-order valence-electron chi connectivity index (χ2n) is 6.46. The van der Waals surface area contributed by atoms with Gasteiger partial charge in [-0.3, -0.25) is 9.36 Å². The van der Waals surface area contributed by atoms with Crippen LogP contribution in [0.5, 0.6) is 0 Å². The summed E-state index contributed by atoms with van der Waals surface area (Å²) >= 11 is 0. The van der Waals surface area contributed by atoms with Gasteiger partial charge in [-0.25, -0.2) is 15.0 Å². The first kappa shape index (κ1) is 20.4. The van der Waals surface area contributed by atoms with Crippen LogP contribution in [0.15, 0.2) is 12.7 Å². The second-order valence-corrected chi connectivity index (χ2v) is 6.46. The quantitative estimate of drug-likeness (QED) is 0.537. The SMILES string of the molecule is COCC1OC(n2cnc3c(NCCCC(N)=O)ncnc32)C(OC)C1OC. The third kappa shape index (κ3) is 4.07. The highest BCUT2D eigenvalue weighted by molar-refractivity contribution is 5.82. The maximum Gasteiger partial charge on any atom is 0.217 e. The summed E-state index contributed by atoms with van der Waals surface area (Å²) in [7, 11) is 4.84. The first-order chi connectivity index (χ1) is 13.6. The molecule has 0 saturated carbocycles. The topological polar surface area (TPSA) is 136 Å². The Balaban J connectivity index is 1.83. The molecule has 3 rings (SSSR count). The van der Waals surface area contributed by atoms with Crippen molar-refractivity contribution in [3.8, 4) is 0 Å². The molecule has 2 aromatic heterocycles. The highest BCUT2D eigenvalue weighted by Gasteiger charge is 2.46. The van der Waals surface area contributed by atoms with Crippen LogP contribution in [-0.2, 0) is 23.7 Å². The number of primary amides is 1. The summed E-state index contributed by atoms with van der Waals surface area (Å²) in [6, 6.07) is 0. The zero-order valence-electron chi connectivity index (χ0n) is 16.2. The van der Waals surface area contributed by atoms with Crippen LogP contribution in [0.25, 0.3) is 11.2 Å². The molecule has 4 unspecified atom stereocenters. The van der Waals surface area contributed by atoms with E-state index < -0.39 is 6.23 Å². The maximum absolute atomic E-state index is 10.9. The van der Waals surface area contributed by atoms with Crippen molar-refractivity contribution in [1.82, 2.24) is 19.5 Å². The van der Waals surface area contributed by atoms with E-state index in [0.29, 0.717) is 43.0 Å². The lowest BCUT2D eigenvalue weighted by Gasteiger charge is -2.22. The fourth-order valence-electron chi connectivity index (χ4n) is 3.40. The van der Waals surface area contributed by atoms with Gasteiger partial charge in [-0.05, 0) is 6.42 Å². The van der Waals surface area contributed by atoms with Gasteiger partial charge >= 0.3 is 0 Å². The number of methoxy groups -OCH3 is 3. The van der Waals surface area contributed by atoms with E-state index in [9.17, 15) is 4.79 Å². The molecule has 1 fully saturated rings. The van der Waals surface area contributed by atoms with E-state index in [4.69, 9.17) is 24.7 Å². The van der Waals surface area contributed by atoms with Crippen LogP contribution in [0, 0.1) is 0 Å². The number of hydrogen-bond donors (Lipinski definition) is 2. The van der Waals surface area contributed by atoms with Gasteiger partial charge in [0.1, 0.15) is 24.6 Å². The van der Waals surface area contributed by atoms with Crippen molar-refractivity contribution in [3.63, 3.8) is 0 Å². The van der Waals surface area contributed by atoms with Crippen molar-refractivity contribution in [2.45, 2.75) is 37.4 Å². The number of amides is 1. The minimum Gasteiger partial charge on any atom is -0.382 e. The third-order valence-corrected chi connectivity index (χ3v) is 4.69. The van der Waals surface area contributed by atoms with Gasteiger partial charge in [0.25, 0.3) is 0 Å². The fourth-order valence-corrected chi connectivity index (χ4v) is 3.40. The Morgan fingerprint density at radius 2 is 2.04 bits per heavy atom. The van der Waals surface area contributed by atoms with Crippen LogP contribution in [0.3, 0.4) is 0 Å². The first-order valence-electron chi connectivity index (χ1n) is 9.00. The van der Waals surface area contributed by atoms with Crippen molar-refractivity contribution >= 4 is 22.9 Å². The Kier molecular flexibility index (Phi) is 6.73. The van der Waals surface area contributed by atoms with Crippen LogP contribution < -0.4 is 11.1 Å². The number of anilines is 1. The third-order valence-electron chi connectivity index (χ3n) is 4.69. The van der Waals surface area contributed by atoms with E-state index in [1.165, 1.54) is 6.33 Å². The number of imidazole rings is 1. The van der Waals surface area contributed by atoms with Crippen molar-refractivity contribution in [2.75, 3.05) is 39.8 Å². The molecule has 4 atom stereocenters. The standard InChI is InChI=1S/C17H26N6O5/c1-25-7-10-13(26-2)14(27-3)17(28-10)23-9-22-12-15(20-8-21-16(12)23)19-6-4-5-11(18)24/h8-10,13-14,17H,4-7H2,1-3H3,(H2,18,24)(H,19,20,21). The smallest absolute Gasteiger partial charge is 0.217 e. The molecular formula is C17H26N6O5. The summed E-state index contributed by atoms with van der Waals surface area (Å²) in [5.74, 6) is 0.248. The Morgan fingerprint density at radius 1 is 1.25 bits per heavy atom. The lowest BCUT2D eigenvalue weighted by molar-refractivity contribution is -0.118. The van der Waals surface area contributed by atoms with Crippen molar-refractivity contribution in [2.24, 2.45) is 5.73 Å². The zero-order valence-corrected chi connectivity index (χ0v) is 16.2. The number of carbonyl (C=O) groups is 1. The Labute approximate surface area is 162 Å². The Hall–Kier alpha value is -2.34. The van der Waals surface area contributed by atoms with E-state index in [1.54, 1.807) is 32.2 Å². The molecule has 3 heterocycles. The Morgan fingerprint density at radius 3 is 2.71 bits per heavy atom. The summed E-state index contributed by atoms with van der Waals surface area (Å²) in [6.45, 7) is 0.924. The average Bonchev–Trinajstić information content (AvgIpc) is 3.26. The van der Waals surface area contributed by atoms with Crippen LogP contribution in [0.4, 0.5) is 5.82 Å². The molecule has 11 nitrogen and oxygen atoms in total. The number of nitrogens with two attached hydrogens (primary N) is 1. The van der Waals surface area contributed by atoms with E-state index in [-0.39, 0.29) is 24.2 Å². The minimum absolute atomic E-state index is 0.282. The molecule has 0 spiro atoms. The van der Waals surface area contributed by atoms with Crippen LogP contribution >= 0.6 is 0 Å². The predicted octanol–water partition coefficient (Wildman–Crippen LogP) is 0.0775. The summed E-state index contributed by atoms with van der Waals surface area (Å²) in [4.78, 5) is 23.9. The molecule has 0 aromatic carbocycles. The van der Waals surface area contributed by atoms with Gasteiger partial charge in [-0.15, -0.1) is 0 Å². The number of nitrogens with zero attached hydrogens (tertiary/aromatic N) is 4. The first-order valence-corrected chi connectivity index (χ1v) is 9.00. The molecule has 0 aliphatic carbocycles. The summed E-state index contributed by atoms with van der Waals surface area (Å²) in [6.07, 6.45) is 2.60. The lowest BCUT2D eigenvalue weighted by Crippen LogP contribution is -2.36. The monoisotopic (exact) mass is 394 g/mol. The van der Waals surface area contributed by atoms with Gasteiger partial charge in [-0.1, -0.05) is 0 Å². The Bertz CT molecular complexity index is 799. The average molecular weight is 394 g/mol. The molecular weight excluding hydrogens is 368 g/mol. The van der Waals surface area contributed by atoms with Gasteiger partial charge in [0.05, 0.1) is 12.9 Å². The van der Waals surface area contributed by atoms with E-state index in [0.717, 1.165) is 0 Å². The van der Waals surface area contributed by atoms with Gasteiger partial charge in [-0.2, -0.15) is 0 Å². The van der Waals surface area contributed by atoms with Gasteiger partial charge in [0.15, 0.2) is 23.2 Å². The van der Waals surface area contributed by atoms with Gasteiger partial charge in [0, 0.05) is 34.3 Å². The highest BCUT2D eigenvalue weighted by Crippen LogP contribution is 2.35. The molecule has 0 radical (unpaired) electrons. The number of carbonyl (C=O) groups excluding carboxylic acids is 1. The van der Waals surface area contributed by atoms with Crippen LogP contribution in [-0.4, -0.2) is 78.2 Å². The van der Waals surface area contributed by atoms with E-state index in [1.807, 2.05) is 0 Å². The molecule has 1 aliphatic rings. The molecule has 1 amide bonds. The van der Waals surface area contributed by atoms with Crippen molar-refractivity contribution < 1.29 is 23.7 Å². The number of rotatable bonds is 10. The maximum atomic E-state index is 10.9. The number of fused-ring (bicyclic) bond motifs is 1. The van der Waals surface area contributed by atoms with Crippen LogP contribution in [0.1, 0.15) is 19.1 Å². The molecule has 2 aromatic rings. The number of ether oxygens (including phenoxy) is 4. The molecule has 1 aliphatic heterocycles. The van der Waals surface area contributed by atoms with Crippen LogP contribution in [0.2, 0.25) is 0 Å². The lowest BCUT2D eigenvalue weighted by atomic mass is 10.1. The molecule has 28 heavy (non-hydrogen) atoms. The fraction of sp³-hybridized carbons (Fsp3) is 0.647. The zero-order chi connectivity index (χ0) is 20.1. The summed E-state index contributed by atoms with van der Waals surface area (Å²) in [5, 5.41) is 3.17. The van der Waals surface area contributed by atoms with Gasteiger partial charge < -0.3 is 30.0 Å². The van der Waals surface area contributed by atoms with Crippen molar-refractivity contribution in [1.29, 1.82) is 0 Å². The largest absolute Gasteiger partial charge is 0.382 e. The normalized spacial score (nSPS) is 24.7. The molecule has 154 valence electrons. The number of aromatic nitrogens is 4. The van der Waals surface area contributed by atoms with E-state index >= 15 is 0 Å². The molecule has 0 bridgehead atoms. The van der Waals surface area contributed by atoms with Gasteiger partial charge in [0.2, 0.25) is 5.91 Å². The summed E-state index contributed by atoms with van der Waals surface area (Å²) < 4.78 is 24.4. The summed E-state index contributed by atoms with van der Waals surface area (Å²) in [5.41, 5.74) is 6.37. The second kappa shape index (κ2) is 9.24. The predicted molar refractivity (Wildman–Crippen MR) is 99.6 cm³/mol. The molecule has 11 heteroatoms. The molecule has 1 saturated heterocycles. The van der Waals surface area contributed by atoms with E-state index in [2.05, 4.69) is 20.3 Å². The highest BCUT2D eigenvalue weighted by atomic mass is 16.6. The number of hydrogen-bond acceptors (Lipinski definition) is 9. The molecule has 3 N–H and O–H groups in total. The number of nitrogens with one attached hydrogen (secondary N) is 1. The van der Waals surface area contributed by atoms with Crippen molar-refractivity contribution in [3.05, 3.63) is 12.7 Å².